The maximum atomic E-state index is 15.4. The average molecular weight is 477 g/mol. The molecule has 1 amide bonds. The van der Waals surface area contributed by atoms with E-state index in [-0.39, 0.29) is 24.4 Å². The molecular weight excluding hydrogens is 444 g/mol. The Morgan fingerprint density at radius 1 is 1.50 bits per heavy atom. The second-order valence-corrected chi connectivity index (χ2v) is 10.9. The van der Waals surface area contributed by atoms with Gasteiger partial charge >= 0.3 is 5.97 Å². The van der Waals surface area contributed by atoms with Gasteiger partial charge in [-0.05, 0) is 27.7 Å². The van der Waals surface area contributed by atoms with E-state index in [9.17, 15) is 19.3 Å². The third-order valence-corrected chi connectivity index (χ3v) is 6.90. The molecule has 0 spiro atoms. The number of amides is 1. The van der Waals surface area contributed by atoms with Crippen LogP contribution in [0.2, 0.25) is 0 Å². The van der Waals surface area contributed by atoms with Gasteiger partial charge in [-0.3, -0.25) is 14.2 Å². The minimum atomic E-state index is -3.50. The van der Waals surface area contributed by atoms with Gasteiger partial charge in [-0.2, -0.15) is 0 Å². The van der Waals surface area contributed by atoms with Gasteiger partial charge in [0.2, 0.25) is 0 Å². The van der Waals surface area contributed by atoms with Gasteiger partial charge in [0.15, 0.2) is 12.4 Å². The lowest BCUT2D eigenvalue weighted by atomic mass is 9.82. The molecule has 0 aromatic rings. The van der Waals surface area contributed by atoms with E-state index in [1.165, 1.54) is 31.6 Å². The molecule has 10 nitrogen and oxygen atoms in total. The van der Waals surface area contributed by atoms with E-state index in [1.54, 1.807) is 20.8 Å². The van der Waals surface area contributed by atoms with E-state index in [0.29, 0.717) is 5.57 Å². The number of alkyl halides is 1. The van der Waals surface area contributed by atoms with Crippen LogP contribution in [-0.2, 0) is 28.2 Å². The molecule has 0 aromatic carbocycles. The Kier molecular flexibility index (Phi) is 8.28. The van der Waals surface area contributed by atoms with Crippen LogP contribution in [0.1, 0.15) is 34.6 Å². The van der Waals surface area contributed by atoms with E-state index in [2.05, 4.69) is 17.0 Å². The molecule has 6 atom stereocenters. The van der Waals surface area contributed by atoms with Crippen LogP contribution in [0.3, 0.4) is 0 Å². The van der Waals surface area contributed by atoms with E-state index in [0.717, 1.165) is 0 Å². The number of carbonyl (C=O) groups excluding carboxylic acids is 2. The van der Waals surface area contributed by atoms with Gasteiger partial charge < -0.3 is 29.3 Å². The number of nitrogens with zero attached hydrogens (tertiary/aromatic N) is 1. The van der Waals surface area contributed by atoms with Gasteiger partial charge in [-0.1, -0.05) is 13.5 Å². The van der Waals surface area contributed by atoms with Crippen LogP contribution >= 0.6 is 7.52 Å². The van der Waals surface area contributed by atoms with Crippen LogP contribution < -0.4 is 10.4 Å². The van der Waals surface area contributed by atoms with Crippen LogP contribution in [0, 0.1) is 5.41 Å². The summed E-state index contributed by atoms with van der Waals surface area (Å²) in [6, 6.07) is -0.892. The minimum Gasteiger partial charge on any atom is -0.462 e. The van der Waals surface area contributed by atoms with E-state index in [1.807, 2.05) is 0 Å². The molecule has 0 aromatic heterocycles. The lowest BCUT2D eigenvalue weighted by molar-refractivity contribution is -0.149. The van der Waals surface area contributed by atoms with Crippen LogP contribution in [-0.4, -0.2) is 72.4 Å². The van der Waals surface area contributed by atoms with E-state index in [4.69, 9.17) is 14.0 Å². The number of hydrogen-bond donors (Lipinski definition) is 3. The van der Waals surface area contributed by atoms with Crippen LogP contribution in [0.5, 0.6) is 0 Å². The molecule has 0 bridgehead atoms. The van der Waals surface area contributed by atoms with E-state index < -0.39 is 50.1 Å². The zero-order valence-corrected chi connectivity index (χ0v) is 20.1. The third kappa shape index (κ3) is 5.77. The maximum Gasteiger partial charge on any atom is 0.323 e. The number of rotatable bonds is 9. The number of halogens is 1. The first-order valence-corrected chi connectivity index (χ1v) is 12.4. The first-order chi connectivity index (χ1) is 14.7. The largest absolute Gasteiger partial charge is 0.462 e. The highest BCUT2D eigenvalue weighted by Gasteiger charge is 2.56. The number of esters is 1. The quantitative estimate of drug-likeness (QED) is 0.335. The molecule has 2 aliphatic rings. The number of aliphatic hydroxyl groups excluding tert-OH is 1. The molecule has 0 saturated carbocycles. The fraction of sp³-hybridized carbons (Fsp3) is 0.700. The Hall–Kier alpha value is -1.78. The van der Waals surface area contributed by atoms with Crippen molar-refractivity contribution < 1.29 is 37.6 Å². The van der Waals surface area contributed by atoms with Crippen LogP contribution in [0.15, 0.2) is 24.2 Å². The summed E-state index contributed by atoms with van der Waals surface area (Å²) in [6.45, 7) is 12.1. The molecule has 0 radical (unpaired) electrons. The van der Waals surface area contributed by atoms with Crippen molar-refractivity contribution in [2.45, 2.75) is 65.3 Å². The Morgan fingerprint density at radius 3 is 2.69 bits per heavy atom. The molecule has 0 aliphatic carbocycles. The van der Waals surface area contributed by atoms with Crippen molar-refractivity contribution in [3.8, 4) is 0 Å². The smallest absolute Gasteiger partial charge is 0.323 e. The van der Waals surface area contributed by atoms with Gasteiger partial charge in [-0.25, -0.2) is 9.48 Å². The number of ether oxygens (including phenoxy) is 2. The van der Waals surface area contributed by atoms with Crippen molar-refractivity contribution in [1.29, 1.82) is 0 Å². The Labute approximate surface area is 187 Å². The van der Waals surface area contributed by atoms with Crippen molar-refractivity contribution in [1.82, 2.24) is 15.3 Å². The molecule has 2 heterocycles. The third-order valence-electron chi connectivity index (χ3n) is 5.40. The van der Waals surface area contributed by atoms with E-state index >= 15 is 4.39 Å². The Morgan fingerprint density at radius 2 is 2.12 bits per heavy atom. The van der Waals surface area contributed by atoms with Crippen molar-refractivity contribution in [3.63, 3.8) is 0 Å². The second-order valence-electron chi connectivity index (χ2n) is 8.68. The first-order valence-electron chi connectivity index (χ1n) is 10.3. The standard InChI is InChI=1S/C20H33FN3O7P/c1-11(2)30-19(27)13(4)23-32(7,28)29-9-15-20(6,10-25)16(21)18(31-15)24-8-12(3)17(26)22-14(24)5/h8,11,13,15-16,18,25H,5,9-10H2,1-4,6-7H3,(H,22,26)(H,23,28)/t13-,15+,16-,18+,20?,32?/m0/s1. The molecule has 12 heteroatoms. The zero-order valence-electron chi connectivity index (χ0n) is 19.3. The predicted octanol–water partition coefficient (Wildman–Crippen LogP) is 1.62. The summed E-state index contributed by atoms with van der Waals surface area (Å²) in [5, 5.41) is 15.0. The topological polar surface area (TPSA) is 126 Å². The maximum absolute atomic E-state index is 15.4. The fourth-order valence-corrected chi connectivity index (χ4v) is 4.68. The molecule has 32 heavy (non-hydrogen) atoms. The normalized spacial score (nSPS) is 31.2. The SMILES string of the molecule is C=C1NC(=O)C(C)=CN1[C@@H]1O[C@H](COP(C)(=O)N[C@@H](C)C(=O)OC(C)C)C(C)(CO)[C@H]1F. The molecule has 2 unspecified atom stereocenters. The van der Waals surface area contributed by atoms with Gasteiger partial charge in [-0.15, -0.1) is 0 Å². The number of aliphatic hydroxyl groups is 1. The number of nitrogens with one attached hydrogen (secondary N) is 2. The first kappa shape index (κ1) is 26.5. The summed E-state index contributed by atoms with van der Waals surface area (Å²) in [6.07, 6.45) is -2.74. The summed E-state index contributed by atoms with van der Waals surface area (Å²) in [4.78, 5) is 25.1. The molecule has 2 aliphatic heterocycles. The predicted molar refractivity (Wildman–Crippen MR) is 115 cm³/mol. The summed E-state index contributed by atoms with van der Waals surface area (Å²) < 4.78 is 44.7. The zero-order chi connectivity index (χ0) is 24.4. The minimum absolute atomic E-state index is 0.135. The second kappa shape index (κ2) is 10.0. The van der Waals surface area contributed by atoms with Crippen molar-refractivity contribution in [3.05, 3.63) is 24.2 Å². The van der Waals surface area contributed by atoms with Gasteiger partial charge in [0.1, 0.15) is 11.9 Å². The van der Waals surface area contributed by atoms with Crippen LogP contribution in [0.25, 0.3) is 0 Å². The lowest BCUT2D eigenvalue weighted by Crippen LogP contribution is -2.47. The Bertz CT molecular complexity index is 836. The summed E-state index contributed by atoms with van der Waals surface area (Å²) in [7, 11) is -3.50. The highest BCUT2D eigenvalue weighted by atomic mass is 31.2. The van der Waals surface area contributed by atoms with Crippen molar-refractivity contribution in [2.75, 3.05) is 19.9 Å². The van der Waals surface area contributed by atoms with Crippen molar-refractivity contribution in [2.24, 2.45) is 5.41 Å². The van der Waals surface area contributed by atoms with Crippen LogP contribution in [0.4, 0.5) is 4.39 Å². The molecule has 182 valence electrons. The summed E-state index contributed by atoms with van der Waals surface area (Å²) in [5.41, 5.74) is -1.04. The lowest BCUT2D eigenvalue weighted by Gasteiger charge is -2.34. The number of hydrogen-bond acceptors (Lipinski definition) is 8. The molecular formula is C20H33FN3O7P. The highest BCUT2D eigenvalue weighted by Crippen LogP contribution is 2.46. The van der Waals surface area contributed by atoms with Crippen molar-refractivity contribution >= 4 is 19.4 Å². The number of carbonyl (C=O) groups is 2. The fourth-order valence-electron chi connectivity index (χ4n) is 3.37. The highest BCUT2D eigenvalue weighted by molar-refractivity contribution is 7.56. The van der Waals surface area contributed by atoms with Gasteiger partial charge in [0.05, 0.1) is 30.8 Å². The molecule has 1 fully saturated rings. The molecule has 3 N–H and O–H groups in total. The van der Waals surface area contributed by atoms with Gasteiger partial charge in [0.25, 0.3) is 13.4 Å². The monoisotopic (exact) mass is 477 g/mol. The average Bonchev–Trinajstić information content (AvgIpc) is 2.93. The molecule has 2 rings (SSSR count). The Balaban J connectivity index is 2.10. The molecule has 1 saturated heterocycles. The summed E-state index contributed by atoms with van der Waals surface area (Å²) >= 11 is 0. The van der Waals surface area contributed by atoms with Gasteiger partial charge in [0, 0.05) is 18.4 Å². The summed E-state index contributed by atoms with van der Waals surface area (Å²) in [5.74, 6) is -0.803.